The predicted molar refractivity (Wildman–Crippen MR) is 98.0 cm³/mol. The summed E-state index contributed by atoms with van der Waals surface area (Å²) in [5.41, 5.74) is 2.97. The van der Waals surface area contributed by atoms with Crippen LogP contribution in [0, 0.1) is 0 Å². The Labute approximate surface area is 135 Å². The van der Waals surface area contributed by atoms with E-state index in [1.54, 1.807) is 0 Å². The summed E-state index contributed by atoms with van der Waals surface area (Å²) >= 11 is 0. The highest BCUT2D eigenvalue weighted by Gasteiger charge is 2.52. The molecule has 1 aliphatic heterocycles. The van der Waals surface area contributed by atoms with E-state index in [2.05, 4.69) is 85.6 Å². The molecule has 2 heteroatoms. The van der Waals surface area contributed by atoms with Crippen LogP contribution < -0.4 is 5.32 Å². The first-order chi connectivity index (χ1) is 10.6. The van der Waals surface area contributed by atoms with E-state index in [1.807, 2.05) is 0 Å². The molecule has 1 heterocycles. The van der Waals surface area contributed by atoms with Gasteiger partial charge in [-0.3, -0.25) is 0 Å². The van der Waals surface area contributed by atoms with Crippen LogP contribution in [-0.4, -0.2) is 20.7 Å². The first-order valence-corrected chi connectivity index (χ1v) is 11.9. The Morgan fingerprint density at radius 1 is 0.864 bits per heavy atom. The second-order valence-corrected chi connectivity index (χ2v) is 12.7. The van der Waals surface area contributed by atoms with Gasteiger partial charge in [-0.25, -0.2) is 0 Å². The van der Waals surface area contributed by atoms with Crippen molar-refractivity contribution in [1.82, 2.24) is 5.32 Å². The van der Waals surface area contributed by atoms with Crippen LogP contribution in [0.4, 0.5) is 0 Å². The standard InChI is InChI=1S/C20H27NSi/c1-22(2,3)20(19-15-10-16-21-19,17-11-6-4-7-12-17)18-13-8-5-9-14-18/h4-9,11-14,19,21H,10,15-16H2,1-3H3/t19-/m0/s1. The molecule has 0 saturated carbocycles. The van der Waals surface area contributed by atoms with Crippen molar-refractivity contribution in [1.29, 1.82) is 0 Å². The topological polar surface area (TPSA) is 12.0 Å². The van der Waals surface area contributed by atoms with E-state index in [0.29, 0.717) is 6.04 Å². The lowest BCUT2D eigenvalue weighted by atomic mass is 9.83. The van der Waals surface area contributed by atoms with Crippen LogP contribution in [0.1, 0.15) is 24.0 Å². The maximum atomic E-state index is 3.84. The highest BCUT2D eigenvalue weighted by Crippen LogP contribution is 2.45. The van der Waals surface area contributed by atoms with E-state index in [0.717, 1.165) is 6.54 Å². The van der Waals surface area contributed by atoms with Crippen molar-refractivity contribution < 1.29 is 0 Å². The molecule has 1 fully saturated rings. The number of hydrogen-bond donors (Lipinski definition) is 1. The molecule has 0 amide bonds. The largest absolute Gasteiger partial charge is 0.313 e. The van der Waals surface area contributed by atoms with Crippen LogP contribution in [-0.2, 0) is 5.04 Å². The van der Waals surface area contributed by atoms with E-state index in [9.17, 15) is 0 Å². The number of hydrogen-bond acceptors (Lipinski definition) is 1. The molecule has 1 aliphatic rings. The fourth-order valence-corrected chi connectivity index (χ4v) is 7.77. The Kier molecular flexibility index (Phi) is 4.24. The fraction of sp³-hybridized carbons (Fsp3) is 0.400. The fourth-order valence-electron chi connectivity index (χ4n) is 4.41. The van der Waals surface area contributed by atoms with E-state index in [4.69, 9.17) is 0 Å². The SMILES string of the molecule is C[Si](C)(C)C(c1ccccc1)(c1ccccc1)[C@@H]1CCCN1. The summed E-state index contributed by atoms with van der Waals surface area (Å²) in [6.07, 6.45) is 2.56. The Morgan fingerprint density at radius 2 is 1.36 bits per heavy atom. The molecule has 0 aromatic heterocycles. The van der Waals surface area contributed by atoms with Crippen molar-refractivity contribution in [3.63, 3.8) is 0 Å². The van der Waals surface area contributed by atoms with Crippen molar-refractivity contribution in [2.45, 2.75) is 43.6 Å². The molecule has 3 rings (SSSR count). The normalized spacial score (nSPS) is 19.3. The lowest BCUT2D eigenvalue weighted by Gasteiger charge is -2.49. The summed E-state index contributed by atoms with van der Waals surface area (Å²) in [6, 6.07) is 22.9. The summed E-state index contributed by atoms with van der Waals surface area (Å²) in [4.78, 5) is 0. The third-order valence-corrected chi connectivity index (χ3v) is 8.52. The molecular formula is C20H27NSi. The number of benzene rings is 2. The molecular weight excluding hydrogens is 282 g/mol. The molecule has 0 aliphatic carbocycles. The third kappa shape index (κ3) is 2.44. The van der Waals surface area contributed by atoms with Gasteiger partial charge < -0.3 is 5.32 Å². The van der Waals surface area contributed by atoms with Crippen molar-refractivity contribution in [3.8, 4) is 0 Å². The number of rotatable bonds is 4. The number of nitrogens with one attached hydrogen (secondary N) is 1. The quantitative estimate of drug-likeness (QED) is 0.814. The van der Waals surface area contributed by atoms with Crippen LogP contribution in [0.15, 0.2) is 60.7 Å². The monoisotopic (exact) mass is 309 g/mol. The van der Waals surface area contributed by atoms with Gasteiger partial charge in [0.2, 0.25) is 0 Å². The molecule has 2 aromatic rings. The van der Waals surface area contributed by atoms with E-state index >= 15 is 0 Å². The molecule has 0 bridgehead atoms. The van der Waals surface area contributed by atoms with Crippen molar-refractivity contribution in [2.75, 3.05) is 6.54 Å². The summed E-state index contributed by atoms with van der Waals surface area (Å²) in [5.74, 6) is 0. The van der Waals surface area contributed by atoms with Crippen LogP contribution in [0.25, 0.3) is 0 Å². The van der Waals surface area contributed by atoms with Gasteiger partial charge in [-0.1, -0.05) is 80.3 Å². The maximum Gasteiger partial charge on any atom is 0.0632 e. The van der Waals surface area contributed by atoms with E-state index in [-0.39, 0.29) is 5.04 Å². The van der Waals surface area contributed by atoms with E-state index in [1.165, 1.54) is 24.0 Å². The van der Waals surface area contributed by atoms with E-state index < -0.39 is 8.07 Å². The van der Waals surface area contributed by atoms with Crippen LogP contribution in [0.5, 0.6) is 0 Å². The van der Waals surface area contributed by atoms with Crippen LogP contribution >= 0.6 is 0 Å². The van der Waals surface area contributed by atoms with Gasteiger partial charge in [0.25, 0.3) is 0 Å². The van der Waals surface area contributed by atoms with Gasteiger partial charge in [0, 0.05) is 11.1 Å². The van der Waals surface area contributed by atoms with Crippen molar-refractivity contribution in [2.24, 2.45) is 0 Å². The maximum absolute atomic E-state index is 3.84. The molecule has 1 N–H and O–H groups in total. The molecule has 1 atom stereocenters. The second-order valence-electron chi connectivity index (χ2n) is 7.44. The average Bonchev–Trinajstić information content (AvgIpc) is 3.03. The molecule has 0 radical (unpaired) electrons. The summed E-state index contributed by atoms with van der Waals surface area (Å²) < 4.78 is 0. The Balaban J connectivity index is 2.28. The van der Waals surface area contributed by atoms with Crippen molar-refractivity contribution >= 4 is 8.07 Å². The first kappa shape index (κ1) is 15.5. The van der Waals surface area contributed by atoms with Gasteiger partial charge in [-0.2, -0.15) is 0 Å². The van der Waals surface area contributed by atoms with Gasteiger partial charge >= 0.3 is 0 Å². The van der Waals surface area contributed by atoms with Crippen molar-refractivity contribution in [3.05, 3.63) is 71.8 Å². The molecule has 22 heavy (non-hydrogen) atoms. The zero-order valence-corrected chi connectivity index (χ0v) is 15.0. The average molecular weight is 310 g/mol. The highest BCUT2D eigenvalue weighted by molar-refractivity contribution is 6.80. The molecule has 2 aromatic carbocycles. The first-order valence-electron chi connectivity index (χ1n) is 8.41. The summed E-state index contributed by atoms with van der Waals surface area (Å²) in [7, 11) is -1.55. The Bertz CT molecular complexity index is 555. The molecule has 116 valence electrons. The minimum atomic E-state index is -1.55. The lowest BCUT2D eigenvalue weighted by Crippen LogP contribution is -2.60. The second kappa shape index (κ2) is 6.02. The Morgan fingerprint density at radius 3 is 1.73 bits per heavy atom. The minimum Gasteiger partial charge on any atom is -0.313 e. The lowest BCUT2D eigenvalue weighted by molar-refractivity contribution is 0.475. The van der Waals surface area contributed by atoms with Crippen LogP contribution in [0.3, 0.4) is 0 Å². The van der Waals surface area contributed by atoms with Crippen LogP contribution in [0.2, 0.25) is 19.6 Å². The molecule has 0 spiro atoms. The van der Waals surface area contributed by atoms with Gasteiger partial charge in [0.1, 0.15) is 0 Å². The minimum absolute atomic E-state index is 0.131. The van der Waals surface area contributed by atoms with Gasteiger partial charge in [0.15, 0.2) is 0 Å². The Hall–Kier alpha value is -1.38. The molecule has 1 saturated heterocycles. The predicted octanol–water partition coefficient (Wildman–Crippen LogP) is 4.60. The summed E-state index contributed by atoms with van der Waals surface area (Å²) in [5, 5.41) is 3.97. The third-order valence-electron chi connectivity index (χ3n) is 5.22. The van der Waals surface area contributed by atoms with Gasteiger partial charge in [-0.05, 0) is 30.5 Å². The van der Waals surface area contributed by atoms with Gasteiger partial charge in [-0.15, -0.1) is 0 Å². The zero-order chi connectivity index (χ0) is 15.6. The summed E-state index contributed by atoms with van der Waals surface area (Å²) in [6.45, 7) is 8.71. The highest BCUT2D eigenvalue weighted by atomic mass is 28.3. The smallest absolute Gasteiger partial charge is 0.0632 e. The van der Waals surface area contributed by atoms with Gasteiger partial charge in [0.05, 0.1) is 8.07 Å². The molecule has 0 unspecified atom stereocenters. The zero-order valence-electron chi connectivity index (χ0n) is 14.0. The molecule has 1 nitrogen and oxygen atoms in total.